The molecular formula is C13H11F2N3O2. The van der Waals surface area contributed by atoms with Crippen LogP contribution in [0.1, 0.15) is 40.5 Å². The molecule has 0 saturated heterocycles. The molecule has 1 fully saturated rings. The topological polar surface area (TPSA) is 68.0 Å². The van der Waals surface area contributed by atoms with E-state index < -0.39 is 17.6 Å². The zero-order valence-corrected chi connectivity index (χ0v) is 10.4. The van der Waals surface area contributed by atoms with E-state index in [9.17, 15) is 13.6 Å². The Morgan fingerprint density at radius 1 is 1.30 bits per heavy atom. The summed E-state index contributed by atoms with van der Waals surface area (Å²) >= 11 is 0. The number of carbonyl (C=O) groups is 1. The van der Waals surface area contributed by atoms with Crippen molar-refractivity contribution in [3.8, 4) is 0 Å². The summed E-state index contributed by atoms with van der Waals surface area (Å²) in [6, 6.07) is 3.18. The third-order valence-electron chi connectivity index (χ3n) is 3.19. The van der Waals surface area contributed by atoms with E-state index in [2.05, 4.69) is 10.3 Å². The van der Waals surface area contributed by atoms with Crippen molar-refractivity contribution < 1.29 is 18.7 Å². The number of carboxylic acid groups (broad SMARTS) is 1. The summed E-state index contributed by atoms with van der Waals surface area (Å²) in [6.45, 7) is 0.0980. The van der Waals surface area contributed by atoms with E-state index in [1.807, 2.05) is 0 Å². The number of halogens is 2. The van der Waals surface area contributed by atoms with Crippen LogP contribution in [0.4, 0.5) is 8.78 Å². The highest BCUT2D eigenvalue weighted by atomic mass is 19.1. The molecule has 1 aromatic carbocycles. The molecule has 0 spiro atoms. The van der Waals surface area contributed by atoms with Gasteiger partial charge < -0.3 is 5.11 Å². The van der Waals surface area contributed by atoms with E-state index >= 15 is 0 Å². The van der Waals surface area contributed by atoms with Crippen molar-refractivity contribution in [3.63, 3.8) is 0 Å². The molecule has 1 saturated carbocycles. The fourth-order valence-electron chi connectivity index (χ4n) is 2.23. The monoisotopic (exact) mass is 279 g/mol. The SMILES string of the molecule is O=C(O)c1nnn(Cc2cc(F)cc(F)c2)c1C1CC1. The fourth-order valence-corrected chi connectivity index (χ4v) is 2.23. The maximum Gasteiger partial charge on any atom is 0.358 e. The quantitative estimate of drug-likeness (QED) is 0.931. The molecule has 20 heavy (non-hydrogen) atoms. The number of benzene rings is 1. The van der Waals surface area contributed by atoms with Crippen LogP contribution in [-0.2, 0) is 6.54 Å². The number of aromatic carboxylic acids is 1. The summed E-state index contributed by atoms with van der Waals surface area (Å²) in [6.07, 6.45) is 1.76. The average Bonchev–Trinajstić information content (AvgIpc) is 3.09. The van der Waals surface area contributed by atoms with Crippen LogP contribution in [0.25, 0.3) is 0 Å². The first kappa shape index (κ1) is 12.7. The first-order valence-electron chi connectivity index (χ1n) is 6.16. The number of rotatable bonds is 4. The van der Waals surface area contributed by atoms with Crippen LogP contribution in [0, 0.1) is 11.6 Å². The summed E-state index contributed by atoms with van der Waals surface area (Å²) in [7, 11) is 0. The second kappa shape index (κ2) is 4.66. The van der Waals surface area contributed by atoms with Gasteiger partial charge in [-0.15, -0.1) is 5.10 Å². The Morgan fingerprint density at radius 2 is 1.95 bits per heavy atom. The Hall–Kier alpha value is -2.31. The lowest BCUT2D eigenvalue weighted by molar-refractivity contribution is 0.0689. The van der Waals surface area contributed by atoms with Crippen molar-refractivity contribution in [3.05, 3.63) is 46.8 Å². The Labute approximate surface area is 112 Å². The van der Waals surface area contributed by atoms with E-state index in [1.165, 1.54) is 16.8 Å². The molecule has 1 N–H and O–H groups in total. The van der Waals surface area contributed by atoms with E-state index in [0.717, 1.165) is 18.9 Å². The highest BCUT2D eigenvalue weighted by Crippen LogP contribution is 2.41. The van der Waals surface area contributed by atoms with E-state index in [1.54, 1.807) is 0 Å². The van der Waals surface area contributed by atoms with Gasteiger partial charge in [0.15, 0.2) is 5.69 Å². The van der Waals surface area contributed by atoms with E-state index in [0.29, 0.717) is 11.3 Å². The molecule has 3 rings (SSSR count). The van der Waals surface area contributed by atoms with Crippen LogP contribution in [0.2, 0.25) is 0 Å². The number of hydrogen-bond donors (Lipinski definition) is 1. The molecule has 1 aromatic heterocycles. The van der Waals surface area contributed by atoms with Crippen molar-refractivity contribution >= 4 is 5.97 Å². The number of hydrogen-bond acceptors (Lipinski definition) is 3. The van der Waals surface area contributed by atoms with Gasteiger partial charge in [0.1, 0.15) is 11.6 Å². The molecule has 0 atom stereocenters. The van der Waals surface area contributed by atoms with Gasteiger partial charge in [-0.25, -0.2) is 18.3 Å². The summed E-state index contributed by atoms with van der Waals surface area (Å²) in [4.78, 5) is 11.1. The molecule has 0 unspecified atom stereocenters. The Kier molecular flexibility index (Phi) is 2.96. The van der Waals surface area contributed by atoms with Gasteiger partial charge in [-0.05, 0) is 30.5 Å². The van der Waals surface area contributed by atoms with Crippen molar-refractivity contribution in [2.24, 2.45) is 0 Å². The smallest absolute Gasteiger partial charge is 0.358 e. The number of carboxylic acids is 1. The van der Waals surface area contributed by atoms with Crippen LogP contribution >= 0.6 is 0 Å². The lowest BCUT2D eigenvalue weighted by atomic mass is 10.2. The lowest BCUT2D eigenvalue weighted by Gasteiger charge is -2.06. The second-order valence-corrected chi connectivity index (χ2v) is 4.84. The van der Waals surface area contributed by atoms with Crippen molar-refractivity contribution in [1.29, 1.82) is 0 Å². The highest BCUT2D eigenvalue weighted by Gasteiger charge is 2.33. The molecule has 1 aliphatic carbocycles. The van der Waals surface area contributed by atoms with E-state index in [4.69, 9.17) is 5.11 Å². The predicted molar refractivity (Wildman–Crippen MR) is 64.4 cm³/mol. The molecule has 104 valence electrons. The van der Waals surface area contributed by atoms with Gasteiger partial charge in [-0.2, -0.15) is 0 Å². The van der Waals surface area contributed by atoms with Gasteiger partial charge in [0.25, 0.3) is 0 Å². The van der Waals surface area contributed by atoms with Crippen LogP contribution in [0.3, 0.4) is 0 Å². The number of nitrogens with zero attached hydrogens (tertiary/aromatic N) is 3. The Balaban J connectivity index is 1.96. The van der Waals surface area contributed by atoms with Crippen LogP contribution in [0.15, 0.2) is 18.2 Å². The summed E-state index contributed by atoms with van der Waals surface area (Å²) < 4.78 is 27.7. The van der Waals surface area contributed by atoms with Crippen LogP contribution < -0.4 is 0 Å². The Bertz CT molecular complexity index is 660. The summed E-state index contributed by atoms with van der Waals surface area (Å²) in [5.74, 6) is -2.36. The zero-order valence-electron chi connectivity index (χ0n) is 10.4. The fraction of sp³-hybridized carbons (Fsp3) is 0.308. The van der Waals surface area contributed by atoms with Gasteiger partial charge in [-0.1, -0.05) is 5.21 Å². The average molecular weight is 279 g/mol. The van der Waals surface area contributed by atoms with E-state index in [-0.39, 0.29) is 18.2 Å². The normalized spacial score (nSPS) is 14.5. The van der Waals surface area contributed by atoms with Crippen molar-refractivity contribution in [2.45, 2.75) is 25.3 Å². The molecule has 1 heterocycles. The van der Waals surface area contributed by atoms with Gasteiger partial charge in [0.05, 0.1) is 12.2 Å². The minimum absolute atomic E-state index is 0.0793. The van der Waals surface area contributed by atoms with Crippen LogP contribution in [-0.4, -0.2) is 26.1 Å². The molecule has 2 aromatic rings. The van der Waals surface area contributed by atoms with Gasteiger partial charge in [0.2, 0.25) is 0 Å². The first-order valence-corrected chi connectivity index (χ1v) is 6.16. The second-order valence-electron chi connectivity index (χ2n) is 4.84. The predicted octanol–water partition coefficient (Wildman–Crippen LogP) is 2.18. The van der Waals surface area contributed by atoms with Gasteiger partial charge in [0, 0.05) is 12.0 Å². The minimum atomic E-state index is -1.14. The Morgan fingerprint density at radius 3 is 2.50 bits per heavy atom. The molecule has 5 nitrogen and oxygen atoms in total. The molecular weight excluding hydrogens is 268 g/mol. The van der Waals surface area contributed by atoms with Gasteiger partial charge >= 0.3 is 5.97 Å². The minimum Gasteiger partial charge on any atom is -0.476 e. The van der Waals surface area contributed by atoms with Crippen molar-refractivity contribution in [1.82, 2.24) is 15.0 Å². The summed E-state index contributed by atoms with van der Waals surface area (Å²) in [5, 5.41) is 16.5. The van der Waals surface area contributed by atoms with Crippen molar-refractivity contribution in [2.75, 3.05) is 0 Å². The maximum atomic E-state index is 13.2. The number of aromatic nitrogens is 3. The maximum absolute atomic E-state index is 13.2. The summed E-state index contributed by atoms with van der Waals surface area (Å²) in [5.41, 5.74) is 0.831. The molecule has 0 aliphatic heterocycles. The molecule has 1 aliphatic rings. The third kappa shape index (κ3) is 2.38. The molecule has 0 radical (unpaired) electrons. The molecule has 0 amide bonds. The highest BCUT2D eigenvalue weighted by molar-refractivity contribution is 5.86. The molecule has 0 bridgehead atoms. The zero-order chi connectivity index (χ0) is 14.3. The standard InChI is InChI=1S/C13H11F2N3O2/c14-9-3-7(4-10(15)5-9)6-18-12(8-1-2-8)11(13(19)20)16-17-18/h3-5,8H,1-2,6H2,(H,19,20). The van der Waals surface area contributed by atoms with Gasteiger partial charge in [-0.3, -0.25) is 0 Å². The van der Waals surface area contributed by atoms with Crippen LogP contribution in [0.5, 0.6) is 0 Å². The lowest BCUT2D eigenvalue weighted by Crippen LogP contribution is -2.09. The third-order valence-corrected chi connectivity index (χ3v) is 3.19. The largest absolute Gasteiger partial charge is 0.476 e. The first-order chi connectivity index (χ1) is 9.54. The molecule has 7 heteroatoms.